The fourth-order valence-corrected chi connectivity index (χ4v) is 2.10. The number of nitrogens with one attached hydrogen (secondary N) is 1. The molecule has 1 heterocycles. The van der Waals surface area contributed by atoms with Crippen LogP contribution in [0.5, 0.6) is 0 Å². The molecule has 1 rings (SSSR count). The summed E-state index contributed by atoms with van der Waals surface area (Å²) in [4.78, 5) is 13.8. The molecule has 1 fully saturated rings. The number of ether oxygens (including phenoxy) is 1. The Bertz CT molecular complexity index is 221. The standard InChI is InChI=1S/C12H24N2O2/c1-4-13-7-5-12(15)14-8-6-10(2)11(9-14)16-3/h10-11,13H,4-9H2,1-3H3. The number of piperidine rings is 1. The molecule has 4 heteroatoms. The molecule has 0 aromatic heterocycles. The monoisotopic (exact) mass is 228 g/mol. The van der Waals surface area contributed by atoms with E-state index in [1.54, 1.807) is 7.11 Å². The lowest BCUT2D eigenvalue weighted by Crippen LogP contribution is -2.47. The SMILES string of the molecule is CCNCCC(=O)N1CCC(C)C(OC)C1. The maximum absolute atomic E-state index is 11.9. The van der Waals surface area contributed by atoms with Gasteiger partial charge in [0.15, 0.2) is 0 Å². The second kappa shape index (κ2) is 6.86. The van der Waals surface area contributed by atoms with Gasteiger partial charge < -0.3 is 15.0 Å². The van der Waals surface area contributed by atoms with Gasteiger partial charge in [0, 0.05) is 33.2 Å². The molecule has 0 saturated carbocycles. The quantitative estimate of drug-likeness (QED) is 0.710. The molecule has 1 amide bonds. The third-order valence-electron chi connectivity index (χ3n) is 3.31. The van der Waals surface area contributed by atoms with Gasteiger partial charge in [-0.05, 0) is 18.9 Å². The van der Waals surface area contributed by atoms with Gasteiger partial charge in [-0.1, -0.05) is 13.8 Å². The largest absolute Gasteiger partial charge is 0.379 e. The van der Waals surface area contributed by atoms with E-state index >= 15 is 0 Å². The van der Waals surface area contributed by atoms with Gasteiger partial charge in [-0.3, -0.25) is 4.79 Å². The average Bonchev–Trinajstić information content (AvgIpc) is 2.30. The number of hydrogen-bond acceptors (Lipinski definition) is 3. The van der Waals surface area contributed by atoms with E-state index < -0.39 is 0 Å². The third kappa shape index (κ3) is 3.76. The van der Waals surface area contributed by atoms with Crippen LogP contribution in [-0.2, 0) is 9.53 Å². The second-order valence-corrected chi connectivity index (χ2v) is 4.48. The van der Waals surface area contributed by atoms with Gasteiger partial charge in [-0.15, -0.1) is 0 Å². The van der Waals surface area contributed by atoms with Crippen LogP contribution in [0.1, 0.15) is 26.7 Å². The Morgan fingerprint density at radius 1 is 1.56 bits per heavy atom. The molecule has 1 N–H and O–H groups in total. The van der Waals surface area contributed by atoms with Crippen LogP contribution < -0.4 is 5.32 Å². The van der Waals surface area contributed by atoms with E-state index in [0.29, 0.717) is 12.3 Å². The molecule has 0 spiro atoms. The van der Waals surface area contributed by atoms with Crippen molar-refractivity contribution in [2.75, 3.05) is 33.3 Å². The zero-order valence-electron chi connectivity index (χ0n) is 10.7. The van der Waals surface area contributed by atoms with Crippen molar-refractivity contribution in [3.63, 3.8) is 0 Å². The van der Waals surface area contributed by atoms with E-state index in [0.717, 1.165) is 32.6 Å². The Morgan fingerprint density at radius 3 is 2.94 bits per heavy atom. The number of carbonyl (C=O) groups excluding carboxylic acids is 1. The molecular formula is C12H24N2O2. The lowest BCUT2D eigenvalue weighted by atomic mass is 9.95. The minimum Gasteiger partial charge on any atom is -0.379 e. The minimum absolute atomic E-state index is 0.205. The topological polar surface area (TPSA) is 41.6 Å². The summed E-state index contributed by atoms with van der Waals surface area (Å²) in [6, 6.07) is 0. The summed E-state index contributed by atoms with van der Waals surface area (Å²) in [5.41, 5.74) is 0. The molecule has 0 aromatic rings. The van der Waals surface area contributed by atoms with Crippen LogP contribution in [0.25, 0.3) is 0 Å². The van der Waals surface area contributed by atoms with Crippen LogP contribution in [0.2, 0.25) is 0 Å². The summed E-state index contributed by atoms with van der Waals surface area (Å²) in [6.45, 7) is 7.57. The molecule has 16 heavy (non-hydrogen) atoms. The molecule has 4 nitrogen and oxygen atoms in total. The van der Waals surface area contributed by atoms with Crippen molar-refractivity contribution >= 4 is 5.91 Å². The van der Waals surface area contributed by atoms with Crippen LogP contribution in [0, 0.1) is 5.92 Å². The fraction of sp³-hybridized carbons (Fsp3) is 0.917. The van der Waals surface area contributed by atoms with Crippen molar-refractivity contribution in [1.82, 2.24) is 10.2 Å². The van der Waals surface area contributed by atoms with Crippen LogP contribution in [-0.4, -0.2) is 50.2 Å². The van der Waals surface area contributed by atoms with Gasteiger partial charge >= 0.3 is 0 Å². The van der Waals surface area contributed by atoms with E-state index in [9.17, 15) is 4.79 Å². The molecule has 2 atom stereocenters. The number of rotatable bonds is 5. The highest BCUT2D eigenvalue weighted by Gasteiger charge is 2.28. The number of amides is 1. The maximum Gasteiger partial charge on any atom is 0.223 e. The van der Waals surface area contributed by atoms with Gasteiger partial charge in [-0.25, -0.2) is 0 Å². The summed E-state index contributed by atoms with van der Waals surface area (Å²) in [7, 11) is 1.73. The van der Waals surface area contributed by atoms with Crippen LogP contribution in [0.4, 0.5) is 0 Å². The van der Waals surface area contributed by atoms with Gasteiger partial charge in [0.25, 0.3) is 0 Å². The zero-order valence-corrected chi connectivity index (χ0v) is 10.7. The Balaban J connectivity index is 2.33. The summed E-state index contributed by atoms with van der Waals surface area (Å²) >= 11 is 0. The highest BCUT2D eigenvalue weighted by Crippen LogP contribution is 2.19. The highest BCUT2D eigenvalue weighted by molar-refractivity contribution is 5.76. The molecular weight excluding hydrogens is 204 g/mol. The van der Waals surface area contributed by atoms with E-state index in [4.69, 9.17) is 4.74 Å². The summed E-state index contributed by atoms with van der Waals surface area (Å²) < 4.78 is 5.40. The molecule has 94 valence electrons. The Morgan fingerprint density at radius 2 is 2.31 bits per heavy atom. The van der Waals surface area contributed by atoms with Gasteiger partial charge in [0.2, 0.25) is 5.91 Å². The second-order valence-electron chi connectivity index (χ2n) is 4.48. The molecule has 0 radical (unpaired) electrons. The third-order valence-corrected chi connectivity index (χ3v) is 3.31. The van der Waals surface area contributed by atoms with E-state index in [1.807, 2.05) is 11.8 Å². The zero-order chi connectivity index (χ0) is 12.0. The van der Waals surface area contributed by atoms with E-state index in [1.165, 1.54) is 0 Å². The predicted octanol–water partition coefficient (Wildman–Crippen LogP) is 0.869. The van der Waals surface area contributed by atoms with E-state index in [-0.39, 0.29) is 12.0 Å². The number of likely N-dealkylation sites (tertiary alicyclic amines) is 1. The normalized spacial score (nSPS) is 25.8. The fourth-order valence-electron chi connectivity index (χ4n) is 2.10. The van der Waals surface area contributed by atoms with Crippen molar-refractivity contribution in [2.24, 2.45) is 5.92 Å². The molecule has 1 aliphatic rings. The lowest BCUT2D eigenvalue weighted by Gasteiger charge is -2.36. The molecule has 2 unspecified atom stereocenters. The van der Waals surface area contributed by atoms with Crippen molar-refractivity contribution < 1.29 is 9.53 Å². The van der Waals surface area contributed by atoms with Crippen molar-refractivity contribution in [3.8, 4) is 0 Å². The van der Waals surface area contributed by atoms with Crippen molar-refractivity contribution in [1.29, 1.82) is 0 Å². The summed E-state index contributed by atoms with van der Waals surface area (Å²) in [5, 5.41) is 3.17. The van der Waals surface area contributed by atoms with Crippen LogP contribution >= 0.6 is 0 Å². The first-order valence-electron chi connectivity index (χ1n) is 6.20. The minimum atomic E-state index is 0.205. The molecule has 1 aliphatic heterocycles. The smallest absolute Gasteiger partial charge is 0.223 e. The number of nitrogens with zero attached hydrogens (tertiary/aromatic N) is 1. The molecule has 1 saturated heterocycles. The molecule has 0 aromatic carbocycles. The first-order chi connectivity index (χ1) is 7.69. The summed E-state index contributed by atoms with van der Waals surface area (Å²) in [5.74, 6) is 0.803. The van der Waals surface area contributed by atoms with Gasteiger partial charge in [0.1, 0.15) is 0 Å². The first-order valence-corrected chi connectivity index (χ1v) is 6.20. The Kier molecular flexibility index (Phi) is 5.77. The summed E-state index contributed by atoms with van der Waals surface area (Å²) in [6.07, 6.45) is 1.85. The molecule has 0 bridgehead atoms. The number of hydrogen-bond donors (Lipinski definition) is 1. The van der Waals surface area contributed by atoms with Gasteiger partial charge in [-0.2, -0.15) is 0 Å². The number of carbonyl (C=O) groups is 1. The number of methoxy groups -OCH3 is 1. The predicted molar refractivity (Wildman–Crippen MR) is 64.3 cm³/mol. The van der Waals surface area contributed by atoms with Crippen LogP contribution in [0.3, 0.4) is 0 Å². The highest BCUT2D eigenvalue weighted by atomic mass is 16.5. The van der Waals surface area contributed by atoms with E-state index in [2.05, 4.69) is 12.2 Å². The van der Waals surface area contributed by atoms with Crippen LogP contribution in [0.15, 0.2) is 0 Å². The van der Waals surface area contributed by atoms with Crippen molar-refractivity contribution in [2.45, 2.75) is 32.8 Å². The lowest BCUT2D eigenvalue weighted by molar-refractivity contribution is -0.136. The maximum atomic E-state index is 11.9. The van der Waals surface area contributed by atoms with Crippen molar-refractivity contribution in [3.05, 3.63) is 0 Å². The Labute approximate surface area is 98.3 Å². The molecule has 0 aliphatic carbocycles. The average molecular weight is 228 g/mol. The Hall–Kier alpha value is -0.610. The first kappa shape index (κ1) is 13.5. The van der Waals surface area contributed by atoms with Gasteiger partial charge in [0.05, 0.1) is 6.10 Å².